The number of halogens is 4. The van der Waals surface area contributed by atoms with Crippen LogP contribution in [-0.2, 0) is 11.0 Å². The predicted octanol–water partition coefficient (Wildman–Crippen LogP) is 3.16. The SMILES string of the molecule is O=C(O)[C@@H]1CCCN1C(=O)c1ccc(Br)c(C(F)(F)F)c1. The average Bonchev–Trinajstić information content (AvgIpc) is 2.86. The van der Waals surface area contributed by atoms with Crippen molar-refractivity contribution in [2.24, 2.45) is 0 Å². The number of aliphatic carboxylic acids is 1. The Kier molecular flexibility index (Phi) is 4.27. The Morgan fingerprint density at radius 3 is 2.57 bits per heavy atom. The number of carbonyl (C=O) groups excluding carboxylic acids is 1. The Bertz CT molecular complexity index is 589. The van der Waals surface area contributed by atoms with Gasteiger partial charge in [0, 0.05) is 16.6 Å². The van der Waals surface area contributed by atoms with Crippen molar-refractivity contribution in [2.75, 3.05) is 6.54 Å². The van der Waals surface area contributed by atoms with Crippen molar-refractivity contribution in [3.05, 3.63) is 33.8 Å². The lowest BCUT2D eigenvalue weighted by Crippen LogP contribution is -2.40. The van der Waals surface area contributed by atoms with Crippen molar-refractivity contribution in [2.45, 2.75) is 25.1 Å². The maximum atomic E-state index is 12.8. The first-order valence-corrected chi connectivity index (χ1v) is 6.91. The highest BCUT2D eigenvalue weighted by Gasteiger charge is 2.37. The number of amides is 1. The quantitative estimate of drug-likeness (QED) is 0.875. The Hall–Kier alpha value is -1.57. The molecule has 1 aromatic carbocycles. The zero-order valence-electron chi connectivity index (χ0n) is 10.7. The molecule has 1 aliphatic rings. The number of carbonyl (C=O) groups is 2. The number of nitrogens with zero attached hydrogens (tertiary/aromatic N) is 1. The van der Waals surface area contributed by atoms with E-state index < -0.39 is 29.7 Å². The number of hydrogen-bond donors (Lipinski definition) is 1. The first-order chi connectivity index (χ1) is 9.71. The highest BCUT2D eigenvalue weighted by atomic mass is 79.9. The summed E-state index contributed by atoms with van der Waals surface area (Å²) in [6.45, 7) is 0.229. The monoisotopic (exact) mass is 365 g/mol. The van der Waals surface area contributed by atoms with Crippen LogP contribution in [0.2, 0.25) is 0 Å². The van der Waals surface area contributed by atoms with Crippen LogP contribution in [0.5, 0.6) is 0 Å². The third-order valence-corrected chi connectivity index (χ3v) is 4.01. The number of carboxylic acids is 1. The summed E-state index contributed by atoms with van der Waals surface area (Å²) in [5, 5.41) is 9.03. The van der Waals surface area contributed by atoms with Crippen molar-refractivity contribution in [3.63, 3.8) is 0 Å². The third kappa shape index (κ3) is 3.20. The Labute approximate surface area is 126 Å². The van der Waals surface area contributed by atoms with Gasteiger partial charge in [0.1, 0.15) is 6.04 Å². The van der Waals surface area contributed by atoms with Crippen LogP contribution in [0.4, 0.5) is 13.2 Å². The number of rotatable bonds is 2. The van der Waals surface area contributed by atoms with E-state index in [0.29, 0.717) is 12.8 Å². The van der Waals surface area contributed by atoms with E-state index in [-0.39, 0.29) is 16.6 Å². The maximum absolute atomic E-state index is 12.8. The molecule has 1 amide bonds. The van der Waals surface area contributed by atoms with E-state index in [9.17, 15) is 22.8 Å². The van der Waals surface area contributed by atoms with Crippen LogP contribution in [0.1, 0.15) is 28.8 Å². The first-order valence-electron chi connectivity index (χ1n) is 6.12. The number of benzene rings is 1. The second kappa shape index (κ2) is 5.67. The van der Waals surface area contributed by atoms with E-state index in [2.05, 4.69) is 15.9 Å². The summed E-state index contributed by atoms with van der Waals surface area (Å²) in [5.74, 6) is -1.84. The normalized spacial score (nSPS) is 18.9. The van der Waals surface area contributed by atoms with Gasteiger partial charge in [-0.2, -0.15) is 13.2 Å². The summed E-state index contributed by atoms with van der Waals surface area (Å²) in [6, 6.07) is 2.15. The molecule has 0 aliphatic carbocycles. The molecule has 1 aliphatic heterocycles. The van der Waals surface area contributed by atoms with Crippen molar-refractivity contribution in [1.82, 2.24) is 4.90 Å². The van der Waals surface area contributed by atoms with Crippen LogP contribution in [0.3, 0.4) is 0 Å². The van der Waals surface area contributed by atoms with Gasteiger partial charge in [0.05, 0.1) is 5.56 Å². The molecule has 1 fully saturated rings. The molecule has 1 saturated heterocycles. The molecule has 114 valence electrons. The summed E-state index contributed by atoms with van der Waals surface area (Å²) >= 11 is 2.79. The molecule has 4 nitrogen and oxygen atoms in total. The average molecular weight is 366 g/mol. The number of carboxylic acid groups (broad SMARTS) is 1. The van der Waals surface area contributed by atoms with Crippen LogP contribution in [0, 0.1) is 0 Å². The lowest BCUT2D eigenvalue weighted by atomic mass is 10.1. The molecule has 1 heterocycles. The minimum Gasteiger partial charge on any atom is -0.480 e. The molecule has 1 aromatic rings. The smallest absolute Gasteiger partial charge is 0.417 e. The van der Waals surface area contributed by atoms with Gasteiger partial charge < -0.3 is 10.0 Å². The summed E-state index contributed by atoms with van der Waals surface area (Å²) in [4.78, 5) is 24.4. The van der Waals surface area contributed by atoms with Gasteiger partial charge in [0.25, 0.3) is 5.91 Å². The minimum absolute atomic E-state index is 0.164. The largest absolute Gasteiger partial charge is 0.480 e. The van der Waals surface area contributed by atoms with Gasteiger partial charge in [-0.3, -0.25) is 4.79 Å². The van der Waals surface area contributed by atoms with Crippen LogP contribution >= 0.6 is 15.9 Å². The van der Waals surface area contributed by atoms with Crippen LogP contribution < -0.4 is 0 Å². The molecule has 0 spiro atoms. The maximum Gasteiger partial charge on any atom is 0.417 e. The Morgan fingerprint density at radius 1 is 1.33 bits per heavy atom. The van der Waals surface area contributed by atoms with Crippen LogP contribution in [-0.4, -0.2) is 34.5 Å². The minimum atomic E-state index is -4.59. The standard InChI is InChI=1S/C13H11BrF3NO3/c14-9-4-3-7(6-8(9)13(15,16)17)11(19)18-5-1-2-10(18)12(20)21/h3-4,6,10H,1-2,5H2,(H,20,21)/t10-/m0/s1. The zero-order valence-corrected chi connectivity index (χ0v) is 12.2. The highest BCUT2D eigenvalue weighted by molar-refractivity contribution is 9.10. The second-order valence-electron chi connectivity index (χ2n) is 4.69. The summed E-state index contributed by atoms with van der Waals surface area (Å²) in [7, 11) is 0. The topological polar surface area (TPSA) is 57.6 Å². The van der Waals surface area contributed by atoms with E-state index >= 15 is 0 Å². The third-order valence-electron chi connectivity index (χ3n) is 3.32. The molecule has 8 heteroatoms. The van der Waals surface area contributed by atoms with Gasteiger partial charge in [0.2, 0.25) is 0 Å². The fourth-order valence-electron chi connectivity index (χ4n) is 2.31. The van der Waals surface area contributed by atoms with Crippen molar-refractivity contribution in [1.29, 1.82) is 0 Å². The zero-order chi connectivity index (χ0) is 15.8. The summed E-state index contributed by atoms with van der Waals surface area (Å²) in [5.41, 5.74) is -1.13. The molecule has 2 rings (SSSR count). The summed E-state index contributed by atoms with van der Waals surface area (Å²) < 4.78 is 38.3. The van der Waals surface area contributed by atoms with E-state index in [4.69, 9.17) is 5.11 Å². The predicted molar refractivity (Wildman–Crippen MR) is 70.8 cm³/mol. The van der Waals surface area contributed by atoms with Gasteiger partial charge in [0.15, 0.2) is 0 Å². The summed E-state index contributed by atoms with van der Waals surface area (Å²) in [6.07, 6.45) is -3.76. The molecule has 0 unspecified atom stereocenters. The van der Waals surface area contributed by atoms with E-state index in [1.165, 1.54) is 6.07 Å². The van der Waals surface area contributed by atoms with Gasteiger partial charge in [-0.05, 0) is 31.0 Å². The number of hydrogen-bond acceptors (Lipinski definition) is 2. The van der Waals surface area contributed by atoms with Crippen LogP contribution in [0.15, 0.2) is 22.7 Å². The molecule has 0 aromatic heterocycles. The van der Waals surface area contributed by atoms with E-state index in [0.717, 1.165) is 17.0 Å². The lowest BCUT2D eigenvalue weighted by Gasteiger charge is -2.22. The fourth-order valence-corrected chi connectivity index (χ4v) is 2.78. The molecule has 1 atom stereocenters. The highest BCUT2D eigenvalue weighted by Crippen LogP contribution is 2.35. The lowest BCUT2D eigenvalue weighted by molar-refractivity contribution is -0.141. The number of alkyl halides is 3. The van der Waals surface area contributed by atoms with E-state index in [1.807, 2.05) is 0 Å². The molecule has 1 N–H and O–H groups in total. The van der Waals surface area contributed by atoms with Crippen molar-refractivity contribution >= 4 is 27.8 Å². The van der Waals surface area contributed by atoms with Gasteiger partial charge in [-0.15, -0.1) is 0 Å². The van der Waals surface area contributed by atoms with Crippen LogP contribution in [0.25, 0.3) is 0 Å². The molecule has 21 heavy (non-hydrogen) atoms. The van der Waals surface area contributed by atoms with Crippen molar-refractivity contribution < 1.29 is 27.9 Å². The molecule has 0 bridgehead atoms. The Balaban J connectivity index is 2.34. The van der Waals surface area contributed by atoms with E-state index in [1.54, 1.807) is 0 Å². The first kappa shape index (κ1) is 15.8. The van der Waals surface area contributed by atoms with Gasteiger partial charge in [-0.1, -0.05) is 15.9 Å². The van der Waals surface area contributed by atoms with Gasteiger partial charge >= 0.3 is 12.1 Å². The second-order valence-corrected chi connectivity index (χ2v) is 5.54. The molecular weight excluding hydrogens is 355 g/mol. The molecule has 0 radical (unpaired) electrons. The molecule has 0 saturated carbocycles. The number of likely N-dealkylation sites (tertiary alicyclic amines) is 1. The van der Waals surface area contributed by atoms with Gasteiger partial charge in [-0.25, -0.2) is 4.79 Å². The Morgan fingerprint density at radius 2 is 2.00 bits per heavy atom. The van der Waals surface area contributed by atoms with Crippen molar-refractivity contribution in [3.8, 4) is 0 Å². The fraction of sp³-hybridized carbons (Fsp3) is 0.385. The molecular formula is C13H11BrF3NO3.